The first kappa shape index (κ1) is 21.9. The van der Waals surface area contributed by atoms with Crippen molar-refractivity contribution in [2.24, 2.45) is 0 Å². The van der Waals surface area contributed by atoms with E-state index in [0.717, 1.165) is 29.1 Å². The predicted molar refractivity (Wildman–Crippen MR) is 127 cm³/mol. The number of nitrogens with one attached hydrogen (secondary N) is 4. The second-order valence-corrected chi connectivity index (χ2v) is 12.1. The van der Waals surface area contributed by atoms with Crippen LogP contribution in [0.5, 0.6) is 5.75 Å². The SMILES string of the molecule is COc1c(F)cccc1Nc1c(-c2ccncc2NI)[nH]c2c1C(=O)N[C@@H]([I-]I)C2. The van der Waals surface area contributed by atoms with Crippen LogP contribution in [0.15, 0.2) is 36.7 Å². The van der Waals surface area contributed by atoms with Crippen LogP contribution in [0.3, 0.4) is 0 Å². The van der Waals surface area contributed by atoms with Gasteiger partial charge in [-0.15, -0.1) is 0 Å². The summed E-state index contributed by atoms with van der Waals surface area (Å²) in [5.41, 5.74) is 4.80. The minimum absolute atomic E-state index is 0.0904. The van der Waals surface area contributed by atoms with E-state index in [2.05, 4.69) is 42.7 Å². The Kier molecular flexibility index (Phi) is 6.86. The molecule has 3 heterocycles. The van der Waals surface area contributed by atoms with Crippen LogP contribution in [0.1, 0.15) is 16.1 Å². The number of ether oxygens (including phenoxy) is 1. The molecule has 1 aliphatic heterocycles. The maximum absolute atomic E-state index is 14.3. The number of halogens is 4. The van der Waals surface area contributed by atoms with Gasteiger partial charge >= 0.3 is 208 Å². The van der Waals surface area contributed by atoms with E-state index in [-0.39, 0.29) is 32.9 Å². The van der Waals surface area contributed by atoms with Gasteiger partial charge < -0.3 is 0 Å². The number of fused-ring (bicyclic) bond motifs is 1. The number of carbonyl (C=O) groups is 1. The number of rotatable bonds is 6. The number of methoxy groups -OCH3 is 1. The van der Waals surface area contributed by atoms with Crippen LogP contribution in [-0.4, -0.2) is 27.0 Å². The Balaban J connectivity index is 1.91. The minimum atomic E-state index is -0.480. The summed E-state index contributed by atoms with van der Waals surface area (Å²) in [4.78, 5) is 20.6. The van der Waals surface area contributed by atoms with E-state index < -0.39 is 5.82 Å². The molecule has 158 valence electrons. The van der Waals surface area contributed by atoms with E-state index in [4.69, 9.17) is 4.74 Å². The standard InChI is InChI=1S/C19H16FI3N5O2/c1-30-18-10(20)3-2-4-11(18)25-17-15-12(7-14(23-21)27-19(15)29)26-16(17)9-5-6-24-8-13(9)28-22/h2-6,8,14,25-26,28H,7H2,1H3,(H,27,29)/q-1/t14-/m1/s1. The number of nitrogens with zero attached hydrogens (tertiary/aromatic N) is 1. The molecule has 0 aliphatic carbocycles. The van der Waals surface area contributed by atoms with Gasteiger partial charge in [-0.2, -0.15) is 0 Å². The van der Waals surface area contributed by atoms with Crippen molar-refractivity contribution in [1.29, 1.82) is 0 Å². The first-order valence-corrected chi connectivity index (χ1v) is 17.4. The fourth-order valence-corrected chi connectivity index (χ4v) is 6.76. The summed E-state index contributed by atoms with van der Waals surface area (Å²) in [5, 5.41) is 6.34. The van der Waals surface area contributed by atoms with Gasteiger partial charge in [-0.25, -0.2) is 0 Å². The average Bonchev–Trinajstić information content (AvgIpc) is 3.12. The summed E-state index contributed by atoms with van der Waals surface area (Å²) >= 11 is 4.23. The molecule has 11 heteroatoms. The molecule has 0 fully saturated rings. The van der Waals surface area contributed by atoms with E-state index in [1.165, 1.54) is 13.2 Å². The fourth-order valence-electron chi connectivity index (χ4n) is 3.41. The summed E-state index contributed by atoms with van der Waals surface area (Å²) in [6.07, 6.45) is 4.13. The van der Waals surface area contributed by atoms with Crippen molar-refractivity contribution >= 4 is 64.4 Å². The van der Waals surface area contributed by atoms with Crippen molar-refractivity contribution in [2.45, 2.75) is 10.5 Å². The third-order valence-corrected chi connectivity index (χ3v) is 10.4. The number of pyridine rings is 1. The zero-order valence-corrected chi connectivity index (χ0v) is 22.0. The molecule has 0 unspecified atom stereocenters. The summed E-state index contributed by atoms with van der Waals surface area (Å²) in [7, 11) is 1.42. The van der Waals surface area contributed by atoms with E-state index in [0.29, 0.717) is 16.9 Å². The molecule has 30 heavy (non-hydrogen) atoms. The second-order valence-electron chi connectivity index (χ2n) is 6.42. The number of alkyl halides is 1. The topological polar surface area (TPSA) is 91.1 Å². The Morgan fingerprint density at radius 2 is 2.17 bits per heavy atom. The summed E-state index contributed by atoms with van der Waals surface area (Å²) in [6.45, 7) is 0. The van der Waals surface area contributed by atoms with Crippen molar-refractivity contribution < 1.29 is 31.2 Å². The molecule has 0 radical (unpaired) electrons. The van der Waals surface area contributed by atoms with Gasteiger partial charge in [-0.1, -0.05) is 0 Å². The first-order chi connectivity index (χ1) is 14.6. The fraction of sp³-hybridized carbons (Fsp3) is 0.158. The molecule has 0 bridgehead atoms. The second kappa shape index (κ2) is 9.42. The molecule has 7 nitrogen and oxygen atoms in total. The van der Waals surface area contributed by atoms with Gasteiger partial charge in [0.15, 0.2) is 0 Å². The number of aromatic amines is 1. The number of benzene rings is 1. The van der Waals surface area contributed by atoms with Crippen LogP contribution in [0, 0.1) is 5.82 Å². The van der Waals surface area contributed by atoms with Crippen molar-refractivity contribution in [3.8, 4) is 17.0 Å². The maximum atomic E-state index is 14.3. The molecule has 2 aromatic heterocycles. The zero-order chi connectivity index (χ0) is 21.3. The van der Waals surface area contributed by atoms with Crippen molar-refractivity contribution in [2.75, 3.05) is 16.0 Å². The average molecular weight is 746 g/mol. The summed E-state index contributed by atoms with van der Waals surface area (Å²) in [6, 6.07) is 6.52. The van der Waals surface area contributed by atoms with Gasteiger partial charge in [0.25, 0.3) is 0 Å². The van der Waals surface area contributed by atoms with E-state index >= 15 is 0 Å². The Bertz CT molecular complexity index is 1110. The normalized spacial score (nSPS) is 15.5. The van der Waals surface area contributed by atoms with Crippen molar-refractivity contribution in [3.05, 3.63) is 53.7 Å². The Labute approximate surface area is 206 Å². The van der Waals surface area contributed by atoms with Gasteiger partial charge in [0, 0.05) is 0 Å². The van der Waals surface area contributed by atoms with Crippen molar-refractivity contribution in [1.82, 2.24) is 15.3 Å². The van der Waals surface area contributed by atoms with Crippen LogP contribution in [0.4, 0.5) is 21.5 Å². The van der Waals surface area contributed by atoms with Gasteiger partial charge in [0.2, 0.25) is 0 Å². The Morgan fingerprint density at radius 3 is 2.90 bits per heavy atom. The first-order valence-electron chi connectivity index (χ1n) is 8.78. The van der Waals surface area contributed by atoms with E-state index in [1.807, 2.05) is 28.9 Å². The van der Waals surface area contributed by atoms with Crippen LogP contribution in [-0.2, 0) is 6.42 Å². The molecule has 1 atom stereocenters. The number of para-hydroxylation sites is 1. The number of carbonyl (C=O) groups excluding carboxylic acids is 1. The van der Waals surface area contributed by atoms with Gasteiger partial charge in [0.1, 0.15) is 0 Å². The van der Waals surface area contributed by atoms with Gasteiger partial charge in [-0.05, 0) is 0 Å². The molecule has 4 N–H and O–H groups in total. The molecule has 1 amide bonds. The Hall–Kier alpha value is -1.36. The van der Waals surface area contributed by atoms with Gasteiger partial charge in [0.05, 0.1) is 0 Å². The third-order valence-electron chi connectivity index (χ3n) is 4.70. The molecular formula is C19H16FI3N5O2-. The molecule has 0 saturated heterocycles. The summed E-state index contributed by atoms with van der Waals surface area (Å²) < 4.78 is 22.8. The number of amides is 1. The quantitative estimate of drug-likeness (QED) is 0.134. The van der Waals surface area contributed by atoms with E-state index in [1.54, 1.807) is 24.5 Å². The number of hydrogen-bond donors (Lipinski definition) is 4. The van der Waals surface area contributed by atoms with Crippen LogP contribution >= 0.6 is 41.5 Å². The molecule has 0 saturated carbocycles. The summed E-state index contributed by atoms with van der Waals surface area (Å²) in [5.74, 6) is -0.533. The van der Waals surface area contributed by atoms with Crippen LogP contribution in [0.2, 0.25) is 0 Å². The van der Waals surface area contributed by atoms with Crippen LogP contribution < -0.4 is 36.1 Å². The molecule has 1 aromatic carbocycles. The predicted octanol–water partition coefficient (Wildman–Crippen LogP) is 1.78. The zero-order valence-electron chi connectivity index (χ0n) is 15.5. The molecule has 3 aromatic rings. The number of anilines is 3. The van der Waals surface area contributed by atoms with Gasteiger partial charge in [-0.3, -0.25) is 0 Å². The molecule has 4 rings (SSSR count). The molecule has 0 spiro atoms. The van der Waals surface area contributed by atoms with E-state index in [9.17, 15) is 9.18 Å². The van der Waals surface area contributed by atoms with Crippen LogP contribution in [0.25, 0.3) is 11.3 Å². The third kappa shape index (κ3) is 4.06. The Morgan fingerprint density at radius 1 is 1.33 bits per heavy atom. The number of hydrogen-bond acceptors (Lipinski definition) is 5. The molecular weight excluding hydrogens is 730 g/mol. The number of H-pyrrole nitrogens is 1. The monoisotopic (exact) mass is 746 g/mol. The van der Waals surface area contributed by atoms with Crippen molar-refractivity contribution in [3.63, 3.8) is 0 Å². The number of aromatic nitrogens is 2. The molecule has 1 aliphatic rings.